The summed E-state index contributed by atoms with van der Waals surface area (Å²) < 4.78 is 7.26. The molecule has 0 bridgehead atoms. The molecular formula is C13H18N4O. The summed E-state index contributed by atoms with van der Waals surface area (Å²) in [5, 5.41) is 7.99. The first-order valence-corrected chi connectivity index (χ1v) is 6.31. The number of fused-ring (bicyclic) bond motifs is 1. The molecule has 1 aliphatic rings. The SMILES string of the molecule is Cn1nc(CNN2CCOCC2)c2ccccc21. The van der Waals surface area contributed by atoms with E-state index in [-0.39, 0.29) is 0 Å². The van der Waals surface area contributed by atoms with E-state index >= 15 is 0 Å². The Bertz CT molecular complexity index is 531. The van der Waals surface area contributed by atoms with Crippen molar-refractivity contribution in [2.75, 3.05) is 26.3 Å². The second-order valence-electron chi connectivity index (χ2n) is 4.52. The zero-order valence-electron chi connectivity index (χ0n) is 10.6. The molecule has 0 amide bonds. The van der Waals surface area contributed by atoms with Crippen molar-refractivity contribution in [3.05, 3.63) is 30.0 Å². The molecule has 5 heteroatoms. The Kier molecular flexibility index (Phi) is 3.27. The van der Waals surface area contributed by atoms with Crippen molar-refractivity contribution in [1.82, 2.24) is 20.2 Å². The third-order valence-electron chi connectivity index (χ3n) is 3.32. The van der Waals surface area contributed by atoms with Crippen LogP contribution in [0.1, 0.15) is 5.69 Å². The number of aromatic nitrogens is 2. The number of para-hydroxylation sites is 1. The number of nitrogens with one attached hydrogen (secondary N) is 1. The maximum absolute atomic E-state index is 5.32. The van der Waals surface area contributed by atoms with Crippen LogP contribution < -0.4 is 5.43 Å². The third-order valence-corrected chi connectivity index (χ3v) is 3.32. The quantitative estimate of drug-likeness (QED) is 0.874. The summed E-state index contributed by atoms with van der Waals surface area (Å²) in [4.78, 5) is 0. The van der Waals surface area contributed by atoms with Gasteiger partial charge in [0.05, 0.1) is 31.0 Å². The van der Waals surface area contributed by atoms with Gasteiger partial charge in [-0.1, -0.05) is 18.2 Å². The topological polar surface area (TPSA) is 42.3 Å². The number of hydrogen-bond donors (Lipinski definition) is 1. The first-order valence-electron chi connectivity index (χ1n) is 6.31. The highest BCUT2D eigenvalue weighted by molar-refractivity contribution is 5.81. The molecule has 0 atom stereocenters. The fourth-order valence-electron chi connectivity index (χ4n) is 2.33. The Morgan fingerprint density at radius 1 is 1.28 bits per heavy atom. The lowest BCUT2D eigenvalue weighted by atomic mass is 10.2. The Labute approximate surface area is 106 Å². The largest absolute Gasteiger partial charge is 0.379 e. The van der Waals surface area contributed by atoms with E-state index in [0.717, 1.165) is 38.5 Å². The van der Waals surface area contributed by atoms with Crippen LogP contribution in [-0.4, -0.2) is 41.1 Å². The average Bonchev–Trinajstić information content (AvgIpc) is 2.75. The summed E-state index contributed by atoms with van der Waals surface area (Å²) in [5.41, 5.74) is 5.69. The number of aryl methyl sites for hydroxylation is 1. The average molecular weight is 246 g/mol. The second-order valence-corrected chi connectivity index (χ2v) is 4.52. The van der Waals surface area contributed by atoms with Gasteiger partial charge in [0, 0.05) is 25.5 Å². The molecule has 1 fully saturated rings. The summed E-state index contributed by atoms with van der Waals surface area (Å²) in [5.74, 6) is 0. The minimum atomic E-state index is 0.765. The molecule has 0 saturated carbocycles. The van der Waals surface area contributed by atoms with Gasteiger partial charge < -0.3 is 4.74 Å². The summed E-state index contributed by atoms with van der Waals surface area (Å²) in [6.45, 7) is 4.24. The van der Waals surface area contributed by atoms with Crippen LogP contribution in [-0.2, 0) is 18.3 Å². The van der Waals surface area contributed by atoms with Crippen LogP contribution >= 0.6 is 0 Å². The van der Waals surface area contributed by atoms with Crippen molar-refractivity contribution in [2.24, 2.45) is 7.05 Å². The van der Waals surface area contributed by atoms with E-state index in [1.54, 1.807) is 0 Å². The van der Waals surface area contributed by atoms with Gasteiger partial charge in [-0.05, 0) is 6.07 Å². The normalized spacial score (nSPS) is 17.4. The van der Waals surface area contributed by atoms with Crippen molar-refractivity contribution in [1.29, 1.82) is 0 Å². The number of hydrazine groups is 1. The minimum Gasteiger partial charge on any atom is -0.379 e. The van der Waals surface area contributed by atoms with E-state index in [9.17, 15) is 0 Å². The zero-order chi connectivity index (χ0) is 12.4. The summed E-state index contributed by atoms with van der Waals surface area (Å²) in [7, 11) is 1.99. The van der Waals surface area contributed by atoms with Crippen LogP contribution in [0.5, 0.6) is 0 Å². The molecule has 2 heterocycles. The molecule has 0 aliphatic carbocycles. The van der Waals surface area contributed by atoms with Gasteiger partial charge in [0.25, 0.3) is 0 Å². The Balaban J connectivity index is 1.74. The number of hydrogen-bond acceptors (Lipinski definition) is 4. The Hall–Kier alpha value is -1.43. The second kappa shape index (κ2) is 5.06. The fraction of sp³-hybridized carbons (Fsp3) is 0.462. The maximum atomic E-state index is 5.32. The smallest absolute Gasteiger partial charge is 0.0855 e. The van der Waals surface area contributed by atoms with Crippen molar-refractivity contribution in [3.63, 3.8) is 0 Å². The van der Waals surface area contributed by atoms with Crippen LogP contribution in [0.3, 0.4) is 0 Å². The minimum absolute atomic E-state index is 0.765. The van der Waals surface area contributed by atoms with Gasteiger partial charge in [-0.3, -0.25) is 4.68 Å². The standard InChI is InChI=1S/C13H18N4O/c1-16-13-5-3-2-4-11(13)12(15-16)10-14-17-6-8-18-9-7-17/h2-5,14H,6-10H2,1H3. The molecule has 18 heavy (non-hydrogen) atoms. The van der Waals surface area contributed by atoms with E-state index in [1.165, 1.54) is 10.9 Å². The van der Waals surface area contributed by atoms with Crippen molar-refractivity contribution in [2.45, 2.75) is 6.54 Å². The number of ether oxygens (including phenoxy) is 1. The Morgan fingerprint density at radius 3 is 2.89 bits per heavy atom. The van der Waals surface area contributed by atoms with Gasteiger partial charge in [-0.25, -0.2) is 10.4 Å². The van der Waals surface area contributed by atoms with Crippen molar-refractivity contribution < 1.29 is 4.74 Å². The summed E-state index contributed by atoms with van der Waals surface area (Å²) in [6, 6.07) is 8.32. The third kappa shape index (κ3) is 2.25. The molecule has 0 spiro atoms. The molecule has 1 N–H and O–H groups in total. The lowest BCUT2D eigenvalue weighted by Gasteiger charge is -2.26. The first kappa shape index (κ1) is 11.6. The monoisotopic (exact) mass is 246 g/mol. The highest BCUT2D eigenvalue weighted by Gasteiger charge is 2.12. The lowest BCUT2D eigenvalue weighted by Crippen LogP contribution is -2.45. The molecule has 1 aromatic carbocycles. The van der Waals surface area contributed by atoms with E-state index in [0.29, 0.717) is 0 Å². The zero-order valence-corrected chi connectivity index (χ0v) is 10.6. The van der Waals surface area contributed by atoms with E-state index in [1.807, 2.05) is 17.8 Å². The summed E-state index contributed by atoms with van der Waals surface area (Å²) >= 11 is 0. The lowest BCUT2D eigenvalue weighted by molar-refractivity contribution is 0.0104. The molecule has 1 aliphatic heterocycles. The molecule has 1 aromatic heterocycles. The highest BCUT2D eigenvalue weighted by Crippen LogP contribution is 2.17. The summed E-state index contributed by atoms with van der Waals surface area (Å²) in [6.07, 6.45) is 0. The van der Waals surface area contributed by atoms with Crippen LogP contribution in [0.25, 0.3) is 10.9 Å². The number of rotatable bonds is 3. The van der Waals surface area contributed by atoms with Gasteiger partial charge in [0.2, 0.25) is 0 Å². The number of benzene rings is 1. The number of nitrogens with zero attached hydrogens (tertiary/aromatic N) is 3. The molecule has 0 radical (unpaired) electrons. The molecule has 2 aromatic rings. The first-order chi connectivity index (χ1) is 8.84. The van der Waals surface area contributed by atoms with E-state index in [4.69, 9.17) is 4.74 Å². The molecule has 0 unspecified atom stereocenters. The van der Waals surface area contributed by atoms with Gasteiger partial charge in [0.15, 0.2) is 0 Å². The highest BCUT2D eigenvalue weighted by atomic mass is 16.5. The van der Waals surface area contributed by atoms with Crippen molar-refractivity contribution >= 4 is 10.9 Å². The van der Waals surface area contributed by atoms with Gasteiger partial charge in [-0.2, -0.15) is 5.10 Å². The van der Waals surface area contributed by atoms with Gasteiger partial charge in [0.1, 0.15) is 0 Å². The molecule has 5 nitrogen and oxygen atoms in total. The predicted octanol–water partition coefficient (Wildman–Crippen LogP) is 0.910. The van der Waals surface area contributed by atoms with E-state index < -0.39 is 0 Å². The molecule has 3 rings (SSSR count). The van der Waals surface area contributed by atoms with Crippen LogP contribution in [0.2, 0.25) is 0 Å². The van der Waals surface area contributed by atoms with Crippen LogP contribution in [0, 0.1) is 0 Å². The number of morpholine rings is 1. The van der Waals surface area contributed by atoms with Gasteiger partial charge >= 0.3 is 0 Å². The van der Waals surface area contributed by atoms with Crippen LogP contribution in [0.4, 0.5) is 0 Å². The Morgan fingerprint density at radius 2 is 2.06 bits per heavy atom. The predicted molar refractivity (Wildman–Crippen MR) is 69.9 cm³/mol. The molecule has 96 valence electrons. The van der Waals surface area contributed by atoms with E-state index in [2.05, 4.69) is 33.7 Å². The maximum Gasteiger partial charge on any atom is 0.0855 e. The van der Waals surface area contributed by atoms with Gasteiger partial charge in [-0.15, -0.1) is 0 Å². The van der Waals surface area contributed by atoms with Crippen molar-refractivity contribution in [3.8, 4) is 0 Å². The molecular weight excluding hydrogens is 228 g/mol. The van der Waals surface area contributed by atoms with Crippen LogP contribution in [0.15, 0.2) is 24.3 Å². The molecule has 1 saturated heterocycles. The fourth-order valence-corrected chi connectivity index (χ4v) is 2.33.